The number of allylic oxidation sites excluding steroid dienone is 1. The Bertz CT molecular complexity index is 3490. The van der Waals surface area contributed by atoms with Crippen molar-refractivity contribution in [2.24, 2.45) is 5.41 Å². The van der Waals surface area contributed by atoms with Crippen LogP contribution in [-0.4, -0.2) is 56.1 Å². The molecule has 5 aromatic carbocycles. The Labute approximate surface area is 371 Å². The van der Waals surface area contributed by atoms with Crippen molar-refractivity contribution in [3.63, 3.8) is 0 Å². The lowest BCUT2D eigenvalue weighted by Crippen LogP contribution is -2.48. The van der Waals surface area contributed by atoms with Gasteiger partial charge in [-0.25, -0.2) is 9.97 Å². The molecule has 1 saturated heterocycles. The van der Waals surface area contributed by atoms with Gasteiger partial charge in [0.05, 0.1) is 10.7 Å². The fourth-order valence-electron chi connectivity index (χ4n) is 11.6. The van der Waals surface area contributed by atoms with Gasteiger partial charge in [-0.3, -0.25) is 19.0 Å². The second kappa shape index (κ2) is 15.3. The second-order valence-corrected chi connectivity index (χ2v) is 19.6. The molecular weight excluding hydrogens is 793 g/mol. The standard InChI is InChI=1S/C55H54N6O3/c1-6-44-38-20-18-37-36-19-22-40-50-41(53(64)61(52(40)63)35-16-12-9-13-17-35)23-21-39(47(36)50)49-42(30-43(48(38)51(37)49)45(7-2)60(44)34-14-10-8-11-15-34)33-31-56-54(57-32-33)59-28-26-58(27-29-59)46(62)24-25-55(3,4)5/h18-25,30-32,34-35H,1-2,8-17,26-29H2,3-5H3/b25-24-. The first-order valence-electron chi connectivity index (χ1n) is 23.3. The Morgan fingerprint density at radius 2 is 1.12 bits per heavy atom. The van der Waals surface area contributed by atoms with Crippen molar-refractivity contribution in [3.8, 4) is 11.1 Å². The lowest BCUT2D eigenvalue weighted by molar-refractivity contribution is -0.126. The molecule has 0 bridgehead atoms. The van der Waals surface area contributed by atoms with E-state index in [1.807, 2.05) is 35.5 Å². The van der Waals surface area contributed by atoms with Crippen LogP contribution in [0, 0.1) is 5.41 Å². The molecule has 11 rings (SSSR count). The smallest absolute Gasteiger partial charge is 0.261 e. The van der Waals surface area contributed by atoms with Gasteiger partial charge in [0.1, 0.15) is 0 Å². The summed E-state index contributed by atoms with van der Waals surface area (Å²) in [5.74, 6) is 0.657. The lowest BCUT2D eigenvalue weighted by Gasteiger charge is -2.34. The predicted molar refractivity (Wildman–Crippen MR) is 262 cm³/mol. The normalized spacial score (nSPS) is 17.3. The number of carbonyl (C=O) groups excluding carboxylic acids is 1. The van der Waals surface area contributed by atoms with Crippen LogP contribution in [0.4, 0.5) is 5.95 Å². The van der Waals surface area contributed by atoms with E-state index in [1.165, 1.54) is 19.3 Å². The Hall–Kier alpha value is -6.53. The Kier molecular flexibility index (Phi) is 9.64. The zero-order valence-corrected chi connectivity index (χ0v) is 37.2. The van der Waals surface area contributed by atoms with Crippen LogP contribution >= 0.6 is 0 Å². The second-order valence-electron chi connectivity index (χ2n) is 19.6. The van der Waals surface area contributed by atoms with Crippen LogP contribution in [0.2, 0.25) is 0 Å². The predicted octanol–water partition coefficient (Wildman–Crippen LogP) is 9.65. The molecule has 64 heavy (non-hydrogen) atoms. The molecule has 2 saturated carbocycles. The lowest BCUT2D eigenvalue weighted by atomic mass is 9.82. The van der Waals surface area contributed by atoms with E-state index in [2.05, 4.69) is 85.2 Å². The number of aromatic nitrogens is 4. The van der Waals surface area contributed by atoms with Gasteiger partial charge in [-0.05, 0) is 93.3 Å². The summed E-state index contributed by atoms with van der Waals surface area (Å²) < 4.78 is 3.96. The van der Waals surface area contributed by atoms with Crippen molar-refractivity contribution in [1.29, 1.82) is 0 Å². The molecule has 0 N–H and O–H groups in total. The molecule has 3 aliphatic rings. The highest BCUT2D eigenvalue weighted by atomic mass is 16.2. The molecule has 0 spiro atoms. The Morgan fingerprint density at radius 3 is 1.72 bits per heavy atom. The maximum atomic E-state index is 14.5. The van der Waals surface area contributed by atoms with Crippen molar-refractivity contribution in [3.05, 3.63) is 112 Å². The van der Waals surface area contributed by atoms with Crippen LogP contribution in [0.3, 0.4) is 0 Å². The summed E-state index contributed by atoms with van der Waals surface area (Å²) in [7, 11) is 0. The van der Waals surface area contributed by atoms with Crippen molar-refractivity contribution in [2.45, 2.75) is 97.1 Å². The van der Waals surface area contributed by atoms with E-state index in [-0.39, 0.29) is 34.5 Å². The van der Waals surface area contributed by atoms with Crippen molar-refractivity contribution < 1.29 is 4.79 Å². The van der Waals surface area contributed by atoms with Crippen LogP contribution in [0.1, 0.15) is 97.1 Å². The van der Waals surface area contributed by atoms with Crippen LogP contribution in [0.5, 0.6) is 0 Å². The summed E-state index contributed by atoms with van der Waals surface area (Å²) in [4.78, 5) is 56.0. The summed E-state index contributed by atoms with van der Waals surface area (Å²) in [6.45, 7) is 17.3. The first-order valence-corrected chi connectivity index (χ1v) is 23.3. The third-order valence-corrected chi connectivity index (χ3v) is 14.7. The Balaban J connectivity index is 1.15. The molecule has 2 aliphatic carbocycles. The molecule has 3 aromatic heterocycles. The molecule has 3 fully saturated rings. The third-order valence-electron chi connectivity index (χ3n) is 14.7. The highest BCUT2D eigenvalue weighted by molar-refractivity contribution is 6.41. The summed E-state index contributed by atoms with van der Waals surface area (Å²) in [5.41, 5.74) is 8.16. The van der Waals surface area contributed by atoms with E-state index >= 15 is 0 Å². The van der Waals surface area contributed by atoms with Crippen LogP contribution in [0.25, 0.3) is 87.2 Å². The summed E-state index contributed by atoms with van der Waals surface area (Å²) in [6.07, 6.45) is 18.1. The van der Waals surface area contributed by atoms with Crippen LogP contribution < -0.4 is 26.7 Å². The van der Waals surface area contributed by atoms with Gasteiger partial charge in [0.15, 0.2) is 0 Å². The van der Waals surface area contributed by atoms with E-state index in [4.69, 9.17) is 9.97 Å². The molecule has 4 heterocycles. The number of benzene rings is 5. The van der Waals surface area contributed by atoms with Crippen molar-refractivity contribution in [2.75, 3.05) is 31.1 Å². The minimum atomic E-state index is -0.191. The zero-order chi connectivity index (χ0) is 44.0. The summed E-state index contributed by atoms with van der Waals surface area (Å²) in [6, 6.07) is 15.0. The van der Waals surface area contributed by atoms with E-state index < -0.39 is 0 Å². The average molecular weight is 847 g/mol. The maximum absolute atomic E-state index is 14.5. The molecule has 1 aliphatic heterocycles. The highest BCUT2D eigenvalue weighted by Gasteiger charge is 2.28. The number of amides is 1. The molecule has 1 amide bonds. The molecular formula is C55H54N6O3. The molecule has 9 heteroatoms. The van der Waals surface area contributed by atoms with E-state index in [0.717, 1.165) is 121 Å². The number of carbonyl (C=O) groups is 1. The SMILES string of the molecule is C=C=c1c2ccc3c4ccc5c(=O)n(C6CCCCC6)c(=O)c6ccc(c7c(-c8cnc(N9CCN(C(=O)/C=C\C(C)(C)C)CC9)nc8)cc(c(=C=C)n1C1CCCCC1)c2c37)c4c56. The quantitative estimate of drug-likeness (QED) is 0.0974. The minimum Gasteiger partial charge on any atom is -0.337 e. The molecule has 0 atom stereocenters. The number of hydrogen-bond donors (Lipinski definition) is 0. The topological polar surface area (TPSA) is 93.3 Å². The minimum absolute atomic E-state index is 0.0328. The van der Waals surface area contributed by atoms with Gasteiger partial charge in [-0.1, -0.05) is 103 Å². The number of fused-ring (bicyclic) bond motifs is 2. The molecule has 8 aromatic rings. The highest BCUT2D eigenvalue weighted by Crippen LogP contribution is 2.47. The summed E-state index contributed by atoms with van der Waals surface area (Å²) >= 11 is 0. The van der Waals surface area contributed by atoms with Gasteiger partial charge in [0, 0.05) is 88.5 Å². The van der Waals surface area contributed by atoms with E-state index in [9.17, 15) is 14.4 Å². The molecule has 322 valence electrons. The number of piperazine rings is 1. The number of nitrogens with zero attached hydrogens (tertiary/aromatic N) is 6. The first kappa shape index (κ1) is 40.3. The van der Waals surface area contributed by atoms with E-state index in [1.54, 1.807) is 10.6 Å². The van der Waals surface area contributed by atoms with Gasteiger partial charge in [0.25, 0.3) is 11.1 Å². The maximum Gasteiger partial charge on any atom is 0.261 e. The fourth-order valence-corrected chi connectivity index (χ4v) is 11.6. The number of pyridine rings is 2. The Morgan fingerprint density at radius 1 is 0.625 bits per heavy atom. The van der Waals surface area contributed by atoms with Crippen molar-refractivity contribution in [1.82, 2.24) is 24.0 Å². The van der Waals surface area contributed by atoms with E-state index in [0.29, 0.717) is 42.9 Å². The van der Waals surface area contributed by atoms with Gasteiger partial charge < -0.3 is 14.4 Å². The summed E-state index contributed by atoms with van der Waals surface area (Å²) in [5, 5.41) is 13.1. The number of anilines is 1. The van der Waals surface area contributed by atoms with Gasteiger partial charge in [-0.2, -0.15) is 0 Å². The largest absolute Gasteiger partial charge is 0.337 e. The number of rotatable bonds is 5. The zero-order valence-electron chi connectivity index (χ0n) is 37.2. The molecule has 9 nitrogen and oxygen atoms in total. The molecule has 0 unspecified atom stereocenters. The third kappa shape index (κ3) is 6.23. The molecule has 0 radical (unpaired) electrons. The number of hydrogen-bond acceptors (Lipinski definition) is 6. The average Bonchev–Trinajstić information content (AvgIpc) is 3.32. The van der Waals surface area contributed by atoms with Crippen LogP contribution in [-0.2, 0) is 4.79 Å². The van der Waals surface area contributed by atoms with Gasteiger partial charge >= 0.3 is 0 Å². The van der Waals surface area contributed by atoms with Gasteiger partial charge in [0.2, 0.25) is 11.9 Å². The fraction of sp³-hybridized carbons (Fsp3) is 0.364. The van der Waals surface area contributed by atoms with Crippen molar-refractivity contribution >= 4 is 88.0 Å². The first-order chi connectivity index (χ1) is 31.1. The monoisotopic (exact) mass is 846 g/mol. The van der Waals surface area contributed by atoms with Gasteiger partial charge in [-0.15, -0.1) is 11.5 Å². The van der Waals surface area contributed by atoms with Crippen LogP contribution in [0.15, 0.2) is 89.8 Å².